The van der Waals surface area contributed by atoms with E-state index in [0.717, 1.165) is 13.0 Å². The van der Waals surface area contributed by atoms with Gasteiger partial charge in [0, 0.05) is 26.2 Å². The van der Waals surface area contributed by atoms with E-state index in [2.05, 4.69) is 0 Å². The van der Waals surface area contributed by atoms with Crippen molar-refractivity contribution in [3.63, 3.8) is 0 Å². The lowest BCUT2D eigenvalue weighted by molar-refractivity contribution is -0.133. The number of nitrogens with two attached hydrogens (primary N) is 1. The van der Waals surface area contributed by atoms with Crippen molar-refractivity contribution < 1.29 is 9.53 Å². The molecule has 13 heavy (non-hydrogen) atoms. The van der Waals surface area contributed by atoms with Crippen LogP contribution in [0.15, 0.2) is 0 Å². The van der Waals surface area contributed by atoms with Gasteiger partial charge in [0.2, 0.25) is 5.91 Å². The van der Waals surface area contributed by atoms with Gasteiger partial charge in [0.15, 0.2) is 0 Å². The zero-order valence-corrected chi connectivity index (χ0v) is 8.32. The van der Waals surface area contributed by atoms with E-state index >= 15 is 0 Å². The molecule has 2 atom stereocenters. The van der Waals surface area contributed by atoms with Crippen LogP contribution in [0.3, 0.4) is 0 Å². The van der Waals surface area contributed by atoms with E-state index < -0.39 is 0 Å². The van der Waals surface area contributed by atoms with E-state index in [0.29, 0.717) is 13.2 Å². The fourth-order valence-corrected chi connectivity index (χ4v) is 1.36. The van der Waals surface area contributed by atoms with Gasteiger partial charge in [-0.1, -0.05) is 0 Å². The van der Waals surface area contributed by atoms with Gasteiger partial charge in [-0.3, -0.25) is 4.79 Å². The quantitative estimate of drug-likeness (QED) is 0.648. The lowest BCUT2D eigenvalue weighted by Crippen LogP contribution is -2.36. The summed E-state index contributed by atoms with van der Waals surface area (Å²) in [6, 6.07) is 0.101. The molecule has 0 heterocycles. The van der Waals surface area contributed by atoms with Crippen molar-refractivity contribution in [2.24, 2.45) is 11.7 Å². The summed E-state index contributed by atoms with van der Waals surface area (Å²) in [5.41, 5.74) is 5.61. The largest absolute Gasteiger partial charge is 0.383 e. The minimum atomic E-state index is 0.0804. The van der Waals surface area contributed by atoms with Crippen LogP contribution in [0.1, 0.15) is 13.3 Å². The third-order valence-corrected chi connectivity index (χ3v) is 2.42. The number of nitrogens with zero attached hydrogens (tertiary/aromatic N) is 1. The molecule has 2 unspecified atom stereocenters. The highest BCUT2D eigenvalue weighted by Crippen LogP contribution is 2.29. The Kier molecular flexibility index (Phi) is 3.69. The number of hydrogen-bond donors (Lipinski definition) is 1. The fourth-order valence-electron chi connectivity index (χ4n) is 1.36. The molecule has 0 saturated heterocycles. The molecular weight excluding hydrogens is 168 g/mol. The maximum atomic E-state index is 11.6. The second-order valence-electron chi connectivity index (χ2n) is 3.42. The van der Waals surface area contributed by atoms with Crippen LogP contribution in [0.2, 0.25) is 0 Å². The van der Waals surface area contributed by atoms with Crippen molar-refractivity contribution in [1.29, 1.82) is 0 Å². The number of carbonyl (C=O) groups is 1. The van der Waals surface area contributed by atoms with E-state index in [4.69, 9.17) is 10.5 Å². The van der Waals surface area contributed by atoms with Crippen molar-refractivity contribution in [2.75, 3.05) is 26.8 Å². The van der Waals surface area contributed by atoms with Crippen LogP contribution in [-0.2, 0) is 9.53 Å². The number of hydrogen-bond acceptors (Lipinski definition) is 3. The van der Waals surface area contributed by atoms with Gasteiger partial charge in [-0.2, -0.15) is 0 Å². The predicted molar refractivity (Wildman–Crippen MR) is 50.2 cm³/mol. The van der Waals surface area contributed by atoms with E-state index in [-0.39, 0.29) is 17.9 Å². The van der Waals surface area contributed by atoms with Gasteiger partial charge in [-0.05, 0) is 13.3 Å². The molecule has 0 aromatic carbocycles. The standard InChI is InChI=1S/C9H18N2O2/c1-3-11(4-5-13-2)9(12)7-6-8(7)10/h7-8H,3-6,10H2,1-2H3. The summed E-state index contributed by atoms with van der Waals surface area (Å²) < 4.78 is 4.93. The summed E-state index contributed by atoms with van der Waals surface area (Å²) >= 11 is 0. The molecule has 0 aromatic heterocycles. The van der Waals surface area contributed by atoms with Crippen molar-refractivity contribution in [3.05, 3.63) is 0 Å². The normalized spacial score (nSPS) is 25.8. The number of likely N-dealkylation sites (N-methyl/N-ethyl adjacent to an activating group) is 1. The van der Waals surface area contributed by atoms with Crippen molar-refractivity contribution >= 4 is 5.91 Å². The molecule has 0 aliphatic heterocycles. The molecule has 0 bridgehead atoms. The van der Waals surface area contributed by atoms with Crippen LogP contribution >= 0.6 is 0 Å². The van der Waals surface area contributed by atoms with E-state index in [1.807, 2.05) is 6.92 Å². The van der Waals surface area contributed by atoms with Crippen LogP contribution in [-0.4, -0.2) is 43.7 Å². The molecule has 1 fully saturated rings. The third kappa shape index (κ3) is 2.67. The summed E-state index contributed by atoms with van der Waals surface area (Å²) in [7, 11) is 1.64. The average molecular weight is 186 g/mol. The van der Waals surface area contributed by atoms with E-state index in [1.165, 1.54) is 0 Å². The molecule has 1 saturated carbocycles. The molecule has 1 rings (SSSR count). The highest BCUT2D eigenvalue weighted by Gasteiger charge is 2.41. The Morgan fingerprint density at radius 1 is 1.69 bits per heavy atom. The topological polar surface area (TPSA) is 55.6 Å². The van der Waals surface area contributed by atoms with Gasteiger partial charge in [0.1, 0.15) is 0 Å². The second-order valence-corrected chi connectivity index (χ2v) is 3.42. The Morgan fingerprint density at radius 3 is 2.69 bits per heavy atom. The van der Waals surface area contributed by atoms with Crippen molar-refractivity contribution in [3.8, 4) is 0 Å². The highest BCUT2D eigenvalue weighted by molar-refractivity contribution is 5.82. The molecule has 1 aliphatic carbocycles. The summed E-state index contributed by atoms with van der Waals surface area (Å²) in [5.74, 6) is 0.267. The fraction of sp³-hybridized carbons (Fsp3) is 0.889. The van der Waals surface area contributed by atoms with Gasteiger partial charge in [0.25, 0.3) is 0 Å². The average Bonchev–Trinajstić information content (AvgIpc) is 2.84. The number of amides is 1. The van der Waals surface area contributed by atoms with Crippen LogP contribution in [0.25, 0.3) is 0 Å². The highest BCUT2D eigenvalue weighted by atomic mass is 16.5. The van der Waals surface area contributed by atoms with E-state index in [1.54, 1.807) is 12.0 Å². The Hall–Kier alpha value is -0.610. The van der Waals surface area contributed by atoms with Gasteiger partial charge in [0.05, 0.1) is 12.5 Å². The van der Waals surface area contributed by atoms with Crippen molar-refractivity contribution in [1.82, 2.24) is 4.90 Å². The Labute approximate surface area is 79.0 Å². The summed E-state index contributed by atoms with van der Waals surface area (Å²) in [6.45, 7) is 3.99. The molecule has 2 N–H and O–H groups in total. The smallest absolute Gasteiger partial charge is 0.227 e. The summed E-state index contributed by atoms with van der Waals surface area (Å²) in [5, 5.41) is 0. The van der Waals surface area contributed by atoms with Gasteiger partial charge < -0.3 is 15.4 Å². The predicted octanol–water partition coefficient (Wildman–Crippen LogP) is -0.171. The summed E-state index contributed by atoms with van der Waals surface area (Å²) in [4.78, 5) is 13.4. The minimum Gasteiger partial charge on any atom is -0.383 e. The zero-order valence-electron chi connectivity index (χ0n) is 8.32. The first-order valence-corrected chi connectivity index (χ1v) is 4.74. The van der Waals surface area contributed by atoms with Gasteiger partial charge in [-0.25, -0.2) is 0 Å². The molecule has 1 aliphatic rings. The monoisotopic (exact) mass is 186 g/mol. The maximum Gasteiger partial charge on any atom is 0.227 e. The Balaban J connectivity index is 2.32. The summed E-state index contributed by atoms with van der Waals surface area (Å²) in [6.07, 6.45) is 0.850. The van der Waals surface area contributed by atoms with Crippen LogP contribution in [0, 0.1) is 5.92 Å². The van der Waals surface area contributed by atoms with Crippen molar-refractivity contribution in [2.45, 2.75) is 19.4 Å². The number of ether oxygens (including phenoxy) is 1. The first-order valence-electron chi connectivity index (χ1n) is 4.74. The van der Waals surface area contributed by atoms with Crippen LogP contribution < -0.4 is 5.73 Å². The van der Waals surface area contributed by atoms with Crippen LogP contribution in [0.5, 0.6) is 0 Å². The Morgan fingerprint density at radius 2 is 2.31 bits per heavy atom. The lowest BCUT2D eigenvalue weighted by Gasteiger charge is -2.20. The zero-order chi connectivity index (χ0) is 9.84. The number of methoxy groups -OCH3 is 1. The first-order chi connectivity index (χ1) is 6.20. The molecule has 4 nitrogen and oxygen atoms in total. The maximum absolute atomic E-state index is 11.6. The molecule has 0 spiro atoms. The SMILES string of the molecule is CCN(CCOC)C(=O)C1CC1N. The number of rotatable bonds is 5. The number of carbonyl (C=O) groups excluding carboxylic acids is 1. The van der Waals surface area contributed by atoms with Crippen LogP contribution in [0.4, 0.5) is 0 Å². The molecular formula is C9H18N2O2. The Bertz CT molecular complexity index is 184. The second kappa shape index (κ2) is 4.58. The molecule has 76 valence electrons. The molecule has 0 aromatic rings. The third-order valence-electron chi connectivity index (χ3n) is 2.42. The van der Waals surface area contributed by atoms with Gasteiger partial charge in [-0.15, -0.1) is 0 Å². The van der Waals surface area contributed by atoms with E-state index in [9.17, 15) is 4.79 Å². The molecule has 0 radical (unpaired) electrons. The van der Waals surface area contributed by atoms with Gasteiger partial charge >= 0.3 is 0 Å². The minimum absolute atomic E-state index is 0.0804. The molecule has 4 heteroatoms. The first kappa shape index (κ1) is 10.5. The molecule has 1 amide bonds. The lowest BCUT2D eigenvalue weighted by atomic mass is 10.3.